The molecule has 0 amide bonds. The van der Waals surface area contributed by atoms with Gasteiger partial charge < -0.3 is 10.4 Å². The number of para-hydroxylation sites is 1. The van der Waals surface area contributed by atoms with Crippen LogP contribution in [0.5, 0.6) is 0 Å². The Morgan fingerprint density at radius 1 is 1.28 bits per heavy atom. The van der Waals surface area contributed by atoms with Crippen LogP contribution >= 0.6 is 0 Å². The fraction of sp³-hybridized carbons (Fsp3) is 0.500. The van der Waals surface area contributed by atoms with Gasteiger partial charge in [-0.05, 0) is 50.0 Å². The van der Waals surface area contributed by atoms with Crippen molar-refractivity contribution in [3.05, 3.63) is 47.3 Å². The lowest BCUT2D eigenvalue weighted by molar-refractivity contribution is -0.524. The Bertz CT molecular complexity index is 1090. The summed E-state index contributed by atoms with van der Waals surface area (Å²) in [6.45, 7) is 6.80. The second-order valence-electron chi connectivity index (χ2n) is 9.44. The number of anilines is 1. The van der Waals surface area contributed by atoms with Crippen molar-refractivity contribution in [1.82, 2.24) is 9.97 Å². The van der Waals surface area contributed by atoms with Crippen LogP contribution in [0.1, 0.15) is 56.9 Å². The predicted octanol–water partition coefficient (Wildman–Crippen LogP) is 4.17. The molecule has 2 N–H and O–H groups in total. The summed E-state index contributed by atoms with van der Waals surface area (Å²) in [5, 5.41) is 31.4. The molecule has 0 radical (unpaired) electrons. The largest absolute Gasteiger partial charge is 0.393 e. The van der Waals surface area contributed by atoms with E-state index in [1.165, 1.54) is 0 Å². The third-order valence-electron chi connectivity index (χ3n) is 6.53. The zero-order valence-corrected chi connectivity index (χ0v) is 18.9. The molecule has 2 heterocycles. The highest BCUT2D eigenvalue weighted by Gasteiger charge is 2.36. The van der Waals surface area contributed by atoms with Crippen LogP contribution in [0, 0.1) is 22.7 Å². The van der Waals surface area contributed by atoms with Crippen molar-refractivity contribution in [3.63, 3.8) is 0 Å². The minimum absolute atomic E-state index is 0.104. The van der Waals surface area contributed by atoms with E-state index in [9.17, 15) is 10.4 Å². The lowest BCUT2D eigenvalue weighted by atomic mass is 9.69. The Balaban J connectivity index is 1.49. The van der Waals surface area contributed by atoms with E-state index in [4.69, 9.17) is 4.98 Å². The van der Waals surface area contributed by atoms with E-state index in [0.717, 1.165) is 36.2 Å². The first-order valence-electron chi connectivity index (χ1n) is 11.2. The lowest BCUT2D eigenvalue weighted by Gasteiger charge is -2.39. The average molecular weight is 433 g/mol. The second kappa shape index (κ2) is 9.13. The van der Waals surface area contributed by atoms with Crippen LogP contribution in [0.15, 0.2) is 40.8 Å². The third-order valence-corrected chi connectivity index (χ3v) is 6.53. The molecule has 8 heteroatoms. The molecular weight excluding hydrogens is 402 g/mol. The van der Waals surface area contributed by atoms with E-state index in [1.807, 2.05) is 42.1 Å². The van der Waals surface area contributed by atoms with E-state index >= 15 is 0 Å². The molecule has 1 aromatic heterocycles. The molecule has 4 rings (SSSR count). The third kappa shape index (κ3) is 4.68. The van der Waals surface area contributed by atoms with Gasteiger partial charge in [0.25, 0.3) is 0 Å². The number of aromatic nitrogens is 2. The number of benzene rings is 1. The van der Waals surface area contributed by atoms with Gasteiger partial charge in [0.1, 0.15) is 11.3 Å². The highest BCUT2D eigenvalue weighted by molar-refractivity contribution is 5.63. The Morgan fingerprint density at radius 3 is 2.81 bits per heavy atom. The molecule has 0 saturated heterocycles. The number of nitrogens with one attached hydrogen (secondary N) is 1. The van der Waals surface area contributed by atoms with Crippen molar-refractivity contribution in [3.8, 4) is 6.07 Å². The minimum atomic E-state index is -0.271. The van der Waals surface area contributed by atoms with Crippen LogP contribution in [0.25, 0.3) is 0 Å². The first-order chi connectivity index (χ1) is 15.4. The first-order valence-corrected chi connectivity index (χ1v) is 11.2. The van der Waals surface area contributed by atoms with Crippen molar-refractivity contribution in [2.45, 2.75) is 65.1 Å². The molecule has 1 aliphatic heterocycles. The predicted molar refractivity (Wildman–Crippen MR) is 122 cm³/mol. The van der Waals surface area contributed by atoms with Crippen molar-refractivity contribution in [1.29, 1.82) is 5.26 Å². The highest BCUT2D eigenvalue weighted by Crippen LogP contribution is 2.40. The van der Waals surface area contributed by atoms with Gasteiger partial charge in [-0.25, -0.2) is 9.97 Å². The second-order valence-corrected chi connectivity index (χ2v) is 9.44. The van der Waals surface area contributed by atoms with Crippen molar-refractivity contribution in [2.24, 2.45) is 21.7 Å². The minimum Gasteiger partial charge on any atom is -0.393 e. The van der Waals surface area contributed by atoms with Gasteiger partial charge >= 0.3 is 0 Å². The zero-order valence-electron chi connectivity index (χ0n) is 18.9. The Kier molecular flexibility index (Phi) is 6.28. The molecule has 1 aliphatic carbocycles. The van der Waals surface area contributed by atoms with Crippen molar-refractivity contribution < 1.29 is 9.80 Å². The van der Waals surface area contributed by atoms with Gasteiger partial charge in [-0.15, -0.1) is 4.70 Å². The summed E-state index contributed by atoms with van der Waals surface area (Å²) in [6.07, 6.45) is 6.50. The SMILES string of the molecule is CC1C=NN=[N+]1c1ccccc1CNc1ncc(C#N)c(C[C@@H]2CC[C@@H](O)C(C)(C)C2)n1. The molecule has 3 atom stereocenters. The smallest absolute Gasteiger partial charge is 0.223 e. The maximum Gasteiger partial charge on any atom is 0.223 e. The maximum atomic E-state index is 10.3. The molecule has 32 heavy (non-hydrogen) atoms. The fourth-order valence-electron chi connectivity index (χ4n) is 4.62. The molecule has 2 aromatic rings. The molecule has 0 bridgehead atoms. The van der Waals surface area contributed by atoms with Gasteiger partial charge in [-0.2, -0.15) is 5.26 Å². The molecule has 8 nitrogen and oxygen atoms in total. The van der Waals surface area contributed by atoms with Crippen LogP contribution in [-0.4, -0.2) is 38.1 Å². The van der Waals surface area contributed by atoms with Gasteiger partial charge in [0, 0.05) is 12.1 Å². The van der Waals surface area contributed by atoms with Gasteiger partial charge in [0.2, 0.25) is 5.95 Å². The van der Waals surface area contributed by atoms with E-state index in [1.54, 1.807) is 6.20 Å². The summed E-state index contributed by atoms with van der Waals surface area (Å²) < 4.78 is 1.89. The number of aliphatic hydroxyl groups excluding tert-OH is 1. The number of rotatable bonds is 6. The fourth-order valence-corrected chi connectivity index (χ4v) is 4.62. The lowest BCUT2D eigenvalue weighted by Crippen LogP contribution is -2.37. The molecule has 1 fully saturated rings. The Morgan fingerprint density at radius 2 is 2.09 bits per heavy atom. The zero-order chi connectivity index (χ0) is 22.7. The number of hydrogen-bond donors (Lipinski definition) is 2. The number of hydrogen-bond acceptors (Lipinski definition) is 7. The number of nitrogens with zero attached hydrogens (tertiary/aromatic N) is 6. The molecule has 166 valence electrons. The summed E-state index contributed by atoms with van der Waals surface area (Å²) in [5.41, 5.74) is 3.22. The number of nitriles is 1. The quantitative estimate of drug-likeness (QED) is 0.666. The highest BCUT2D eigenvalue weighted by atomic mass is 16.3. The van der Waals surface area contributed by atoms with Crippen LogP contribution < -0.4 is 5.32 Å². The summed E-state index contributed by atoms with van der Waals surface area (Å²) in [5.74, 6) is 0.897. The van der Waals surface area contributed by atoms with Gasteiger partial charge in [-0.3, -0.25) is 0 Å². The molecule has 1 saturated carbocycles. The standard InChI is InChI=1S/C24H30N7O/c1-16-13-28-30-31(16)21-7-5-4-6-18(21)14-26-23-27-15-19(12-25)20(29-23)10-17-8-9-22(32)24(2,3)11-17/h4-7,13,15-17,22,32H,8-11,14H2,1-3H3,(H,26,27,29)/q+1/t16?,17-,22+/m0/s1. The number of aliphatic hydroxyl groups is 1. The Hall–Kier alpha value is -3.18. The summed E-state index contributed by atoms with van der Waals surface area (Å²) >= 11 is 0. The van der Waals surface area contributed by atoms with Crippen LogP contribution in [0.3, 0.4) is 0 Å². The molecule has 0 spiro atoms. The normalized spacial score (nSPS) is 24.1. The van der Waals surface area contributed by atoms with E-state index in [0.29, 0.717) is 30.4 Å². The van der Waals surface area contributed by atoms with Gasteiger partial charge in [0.15, 0.2) is 17.9 Å². The van der Waals surface area contributed by atoms with E-state index in [-0.39, 0.29) is 17.6 Å². The van der Waals surface area contributed by atoms with Gasteiger partial charge in [-0.1, -0.05) is 32.0 Å². The maximum absolute atomic E-state index is 10.3. The molecule has 2 aliphatic rings. The first kappa shape index (κ1) is 22.0. The van der Waals surface area contributed by atoms with Crippen molar-refractivity contribution in [2.75, 3.05) is 5.32 Å². The molecule has 1 unspecified atom stereocenters. The molecule has 1 aromatic carbocycles. The van der Waals surface area contributed by atoms with Crippen molar-refractivity contribution >= 4 is 17.9 Å². The summed E-state index contributed by atoms with van der Waals surface area (Å²) in [6, 6.07) is 10.4. The summed E-state index contributed by atoms with van der Waals surface area (Å²) in [7, 11) is 0. The van der Waals surface area contributed by atoms with E-state index in [2.05, 4.69) is 40.5 Å². The van der Waals surface area contributed by atoms with E-state index < -0.39 is 0 Å². The average Bonchev–Trinajstić information content (AvgIpc) is 3.20. The van der Waals surface area contributed by atoms with Crippen LogP contribution in [0.2, 0.25) is 0 Å². The van der Waals surface area contributed by atoms with Crippen LogP contribution in [-0.2, 0) is 13.0 Å². The Labute approximate surface area is 188 Å². The van der Waals surface area contributed by atoms with Crippen LogP contribution in [0.4, 0.5) is 11.6 Å². The molecular formula is C24H30N7O+. The monoisotopic (exact) mass is 432 g/mol. The topological polar surface area (TPSA) is 110 Å². The summed E-state index contributed by atoms with van der Waals surface area (Å²) in [4.78, 5) is 9.05. The van der Waals surface area contributed by atoms with Gasteiger partial charge in [0.05, 0.1) is 28.7 Å².